The Morgan fingerprint density at radius 3 is 2.33 bits per heavy atom. The molecule has 0 bridgehead atoms. The van der Waals surface area contributed by atoms with Crippen LogP contribution in [0.25, 0.3) is 10.9 Å². The molecule has 39 heavy (non-hydrogen) atoms. The van der Waals surface area contributed by atoms with Gasteiger partial charge in [0, 0.05) is 35.5 Å². The lowest BCUT2D eigenvalue weighted by Crippen LogP contribution is -2.44. The van der Waals surface area contributed by atoms with Crippen LogP contribution in [0.5, 0.6) is 0 Å². The number of H-pyrrole nitrogens is 1. The summed E-state index contributed by atoms with van der Waals surface area (Å²) in [7, 11) is 5.51. The number of hydrogen-bond acceptors (Lipinski definition) is 5. The quantitative estimate of drug-likeness (QED) is 0.412. The van der Waals surface area contributed by atoms with Gasteiger partial charge in [-0.1, -0.05) is 23.7 Å². The smallest absolute Gasteiger partial charge is 0.475 e. The molecule has 1 fully saturated rings. The number of carbonyl (C=O) groups is 2. The molecule has 212 valence electrons. The molecule has 1 aliphatic heterocycles. The lowest BCUT2D eigenvalue weighted by Gasteiger charge is -2.41. The van der Waals surface area contributed by atoms with Gasteiger partial charge in [-0.05, 0) is 62.8 Å². The van der Waals surface area contributed by atoms with Gasteiger partial charge < -0.3 is 19.6 Å². The summed E-state index contributed by atoms with van der Waals surface area (Å²) in [5.41, 5.74) is 2.11. The first kappa shape index (κ1) is 30.3. The van der Waals surface area contributed by atoms with Crippen molar-refractivity contribution >= 4 is 34.4 Å². The SMILES string of the molecule is CN1CCC(COC(C(=O)N(C)C)c2cc(Cl)cc3cn[nH]c23)(c2ccc(F)cc2)CC1.O=C(O)C(F)(F)F. The number of carboxylic acid groups (broad SMARTS) is 1. The summed E-state index contributed by atoms with van der Waals surface area (Å²) in [6, 6.07) is 10.2. The van der Waals surface area contributed by atoms with Gasteiger partial charge in [-0.2, -0.15) is 18.3 Å². The minimum atomic E-state index is -5.08. The number of halogens is 5. The zero-order valence-electron chi connectivity index (χ0n) is 21.6. The molecule has 1 aromatic heterocycles. The van der Waals surface area contributed by atoms with Crippen molar-refractivity contribution in [3.63, 3.8) is 0 Å². The van der Waals surface area contributed by atoms with Crippen molar-refractivity contribution in [3.8, 4) is 0 Å². The van der Waals surface area contributed by atoms with E-state index in [9.17, 15) is 22.4 Å². The van der Waals surface area contributed by atoms with E-state index >= 15 is 0 Å². The summed E-state index contributed by atoms with van der Waals surface area (Å²) in [6.07, 6.45) is -2.54. The molecule has 0 aliphatic carbocycles. The van der Waals surface area contributed by atoms with Crippen LogP contribution in [0, 0.1) is 5.82 Å². The Morgan fingerprint density at radius 1 is 1.21 bits per heavy atom. The predicted octanol–water partition coefficient (Wildman–Crippen LogP) is 4.80. The molecular formula is C26H29ClF4N4O4. The topological polar surface area (TPSA) is 98.8 Å². The van der Waals surface area contributed by atoms with Crippen molar-refractivity contribution < 1.29 is 37.0 Å². The maximum absolute atomic E-state index is 13.6. The second kappa shape index (κ2) is 12.3. The molecule has 2 heterocycles. The van der Waals surface area contributed by atoms with Crippen LogP contribution in [-0.4, -0.2) is 84.0 Å². The van der Waals surface area contributed by atoms with Crippen molar-refractivity contribution in [1.82, 2.24) is 20.0 Å². The van der Waals surface area contributed by atoms with Crippen LogP contribution in [0.1, 0.15) is 30.1 Å². The average molecular weight is 573 g/mol. The Balaban J connectivity index is 0.000000532. The number of fused-ring (bicyclic) bond motifs is 1. The van der Waals surface area contributed by atoms with Crippen molar-refractivity contribution in [1.29, 1.82) is 0 Å². The number of aromatic nitrogens is 2. The fraction of sp³-hybridized carbons (Fsp3) is 0.423. The average Bonchev–Trinajstić information content (AvgIpc) is 3.34. The van der Waals surface area contributed by atoms with Crippen LogP contribution in [0.3, 0.4) is 0 Å². The maximum atomic E-state index is 13.6. The molecule has 2 aromatic carbocycles. The Labute approximate surface area is 227 Å². The number of nitrogens with zero attached hydrogens (tertiary/aromatic N) is 3. The van der Waals surface area contributed by atoms with E-state index in [1.807, 2.05) is 12.1 Å². The Kier molecular flexibility index (Phi) is 9.57. The minimum Gasteiger partial charge on any atom is -0.475 e. The molecule has 0 saturated carbocycles. The fourth-order valence-electron chi connectivity index (χ4n) is 4.39. The van der Waals surface area contributed by atoms with E-state index in [4.69, 9.17) is 26.2 Å². The highest BCUT2D eigenvalue weighted by molar-refractivity contribution is 6.31. The van der Waals surface area contributed by atoms with Gasteiger partial charge in [-0.3, -0.25) is 9.89 Å². The normalized spacial score (nSPS) is 16.3. The van der Waals surface area contributed by atoms with Gasteiger partial charge in [0.05, 0.1) is 18.3 Å². The third-order valence-electron chi connectivity index (χ3n) is 6.66. The number of nitrogens with one attached hydrogen (secondary N) is 1. The van der Waals surface area contributed by atoms with Gasteiger partial charge in [-0.25, -0.2) is 9.18 Å². The van der Waals surface area contributed by atoms with Crippen molar-refractivity contribution in [3.05, 3.63) is 64.6 Å². The largest absolute Gasteiger partial charge is 0.490 e. The van der Waals surface area contributed by atoms with Crippen molar-refractivity contribution in [2.24, 2.45) is 0 Å². The molecule has 2 N–H and O–H groups in total. The molecule has 8 nitrogen and oxygen atoms in total. The van der Waals surface area contributed by atoms with Gasteiger partial charge in [0.15, 0.2) is 6.10 Å². The number of benzene rings is 2. The Morgan fingerprint density at radius 2 is 1.79 bits per heavy atom. The number of hydrogen-bond donors (Lipinski definition) is 2. The lowest BCUT2D eigenvalue weighted by molar-refractivity contribution is -0.192. The first-order chi connectivity index (χ1) is 18.2. The maximum Gasteiger partial charge on any atom is 0.490 e. The second-order valence-electron chi connectivity index (χ2n) is 9.65. The summed E-state index contributed by atoms with van der Waals surface area (Å²) >= 11 is 6.35. The van der Waals surface area contributed by atoms with Gasteiger partial charge in [0.2, 0.25) is 0 Å². The summed E-state index contributed by atoms with van der Waals surface area (Å²) in [5, 5.41) is 15.5. The zero-order valence-corrected chi connectivity index (χ0v) is 22.3. The number of alkyl halides is 3. The summed E-state index contributed by atoms with van der Waals surface area (Å²) in [4.78, 5) is 25.9. The number of aromatic amines is 1. The van der Waals surface area contributed by atoms with Gasteiger partial charge in [0.25, 0.3) is 5.91 Å². The van der Waals surface area contributed by atoms with Crippen LogP contribution in [0.15, 0.2) is 42.6 Å². The molecule has 4 rings (SSSR count). The first-order valence-electron chi connectivity index (χ1n) is 11.9. The highest BCUT2D eigenvalue weighted by Gasteiger charge is 2.39. The standard InChI is InChI=1S/C24H28ClFN4O2.C2HF3O2/c1-29(2)23(31)22(20-13-18(25)12-16-14-27-28-21(16)20)32-15-24(8-10-30(3)11-9-24)17-4-6-19(26)7-5-17;3-2(4,5)1(6)7/h4-7,12-14,22H,8-11,15H2,1-3H3,(H,27,28);(H,6,7). The van der Waals surface area contributed by atoms with Crippen LogP contribution >= 0.6 is 11.6 Å². The number of likely N-dealkylation sites (N-methyl/N-ethyl adjacent to an activating group) is 1. The summed E-state index contributed by atoms with van der Waals surface area (Å²) < 4.78 is 51.8. The number of amides is 1. The van der Waals surface area contributed by atoms with E-state index in [1.165, 1.54) is 17.0 Å². The Hall–Kier alpha value is -3.22. The Bertz CT molecular complexity index is 1290. The number of piperidine rings is 1. The van der Waals surface area contributed by atoms with Crippen LogP contribution in [-0.2, 0) is 19.7 Å². The molecule has 1 unspecified atom stereocenters. The number of carboxylic acids is 1. The number of carbonyl (C=O) groups excluding carboxylic acids is 1. The monoisotopic (exact) mass is 572 g/mol. The predicted molar refractivity (Wildman–Crippen MR) is 137 cm³/mol. The highest BCUT2D eigenvalue weighted by Crippen LogP contribution is 2.38. The number of likely N-dealkylation sites (tertiary alicyclic amines) is 1. The number of rotatable bonds is 6. The molecule has 1 amide bonds. The van der Waals surface area contributed by atoms with E-state index in [2.05, 4.69) is 22.1 Å². The molecule has 3 aromatic rings. The van der Waals surface area contributed by atoms with E-state index < -0.39 is 18.2 Å². The second-order valence-corrected chi connectivity index (χ2v) is 10.1. The molecule has 1 atom stereocenters. The van der Waals surface area contributed by atoms with Crippen LogP contribution in [0.4, 0.5) is 17.6 Å². The molecule has 1 saturated heterocycles. The zero-order chi connectivity index (χ0) is 29.0. The molecular weight excluding hydrogens is 544 g/mol. The third-order valence-corrected chi connectivity index (χ3v) is 6.88. The van der Waals surface area contributed by atoms with E-state index in [-0.39, 0.29) is 17.1 Å². The van der Waals surface area contributed by atoms with E-state index in [0.717, 1.165) is 42.4 Å². The van der Waals surface area contributed by atoms with Gasteiger partial charge >= 0.3 is 12.1 Å². The molecule has 0 spiro atoms. The van der Waals surface area contributed by atoms with Crippen molar-refractivity contribution in [2.45, 2.75) is 30.5 Å². The molecule has 0 radical (unpaired) electrons. The van der Waals surface area contributed by atoms with Crippen LogP contribution < -0.4 is 0 Å². The van der Waals surface area contributed by atoms with Gasteiger partial charge in [0.1, 0.15) is 5.82 Å². The van der Waals surface area contributed by atoms with Crippen molar-refractivity contribution in [2.75, 3.05) is 40.8 Å². The van der Waals surface area contributed by atoms with Gasteiger partial charge in [-0.15, -0.1) is 0 Å². The minimum absolute atomic E-state index is 0.176. The van der Waals surface area contributed by atoms with E-state index in [1.54, 1.807) is 32.4 Å². The summed E-state index contributed by atoms with van der Waals surface area (Å²) in [5.74, 6) is -3.20. The molecule has 1 aliphatic rings. The number of ether oxygens (including phenoxy) is 1. The highest BCUT2D eigenvalue weighted by atomic mass is 35.5. The third kappa shape index (κ3) is 7.46. The fourth-order valence-corrected chi connectivity index (χ4v) is 4.63. The molecule has 13 heteroatoms. The van der Waals surface area contributed by atoms with E-state index in [0.29, 0.717) is 17.2 Å². The first-order valence-corrected chi connectivity index (χ1v) is 12.3. The number of aliphatic carboxylic acids is 1. The lowest BCUT2D eigenvalue weighted by atomic mass is 9.73. The van der Waals surface area contributed by atoms with Crippen LogP contribution in [0.2, 0.25) is 5.02 Å². The summed E-state index contributed by atoms with van der Waals surface area (Å²) in [6.45, 7) is 2.13.